The van der Waals surface area contributed by atoms with Crippen LogP contribution in [0.2, 0.25) is 0 Å². The zero-order valence-corrected chi connectivity index (χ0v) is 12.0. The van der Waals surface area contributed by atoms with Gasteiger partial charge in [-0.15, -0.1) is 0 Å². The lowest BCUT2D eigenvalue weighted by atomic mass is 9.91. The summed E-state index contributed by atoms with van der Waals surface area (Å²) in [6, 6.07) is 9.42. The molecule has 1 aliphatic heterocycles. The maximum Gasteiger partial charge on any atom is 0.315 e. The number of carbonyl (C=O) groups excluding carboxylic acids is 2. The van der Waals surface area contributed by atoms with Gasteiger partial charge in [-0.3, -0.25) is 4.79 Å². The van der Waals surface area contributed by atoms with Crippen molar-refractivity contribution in [2.75, 3.05) is 6.54 Å². The lowest BCUT2D eigenvalue weighted by Gasteiger charge is -2.26. The van der Waals surface area contributed by atoms with Gasteiger partial charge >= 0.3 is 6.03 Å². The summed E-state index contributed by atoms with van der Waals surface area (Å²) >= 11 is 0. The van der Waals surface area contributed by atoms with Crippen LogP contribution in [-0.4, -0.2) is 24.5 Å². The van der Waals surface area contributed by atoms with Crippen LogP contribution in [0.3, 0.4) is 0 Å². The first-order valence-electron chi connectivity index (χ1n) is 7.64. The van der Waals surface area contributed by atoms with Crippen LogP contribution >= 0.6 is 0 Å². The highest BCUT2D eigenvalue weighted by molar-refractivity contribution is 5.90. The minimum Gasteiger partial charge on any atom is -0.347 e. The van der Waals surface area contributed by atoms with Crippen molar-refractivity contribution in [3.05, 3.63) is 35.9 Å². The molecule has 1 aromatic rings. The van der Waals surface area contributed by atoms with E-state index in [9.17, 15) is 9.59 Å². The van der Waals surface area contributed by atoms with E-state index in [1.807, 2.05) is 18.2 Å². The first-order chi connectivity index (χ1) is 10.2. The molecule has 1 heterocycles. The Hall–Kier alpha value is -2.04. The van der Waals surface area contributed by atoms with E-state index in [0.29, 0.717) is 12.5 Å². The number of benzene rings is 1. The molecule has 0 aromatic heterocycles. The highest BCUT2D eigenvalue weighted by atomic mass is 16.2. The number of hydrogen-bond donors (Lipinski definition) is 3. The molecular weight excluding hydrogens is 266 g/mol. The summed E-state index contributed by atoms with van der Waals surface area (Å²) in [5.41, 5.74) is 1.15. The number of carbonyl (C=O) groups is 2. The average molecular weight is 287 g/mol. The molecule has 2 aliphatic rings. The van der Waals surface area contributed by atoms with Gasteiger partial charge in [-0.1, -0.05) is 43.2 Å². The molecule has 1 aliphatic carbocycles. The fraction of sp³-hybridized carbons (Fsp3) is 0.500. The molecule has 112 valence electrons. The van der Waals surface area contributed by atoms with Gasteiger partial charge in [-0.2, -0.15) is 0 Å². The first kappa shape index (κ1) is 13.9. The topological polar surface area (TPSA) is 70.2 Å². The van der Waals surface area contributed by atoms with Gasteiger partial charge in [0.2, 0.25) is 5.91 Å². The Morgan fingerprint density at radius 3 is 2.52 bits per heavy atom. The van der Waals surface area contributed by atoms with Crippen LogP contribution in [-0.2, 0) is 4.79 Å². The Morgan fingerprint density at radius 1 is 1.19 bits per heavy atom. The molecule has 3 N–H and O–H groups in total. The highest BCUT2D eigenvalue weighted by Crippen LogP contribution is 2.35. The Morgan fingerprint density at radius 2 is 1.90 bits per heavy atom. The Bertz CT molecular complexity index is 512. The first-order valence-corrected chi connectivity index (χ1v) is 7.64. The molecule has 0 unspecified atom stereocenters. The van der Waals surface area contributed by atoms with Gasteiger partial charge in [0.1, 0.15) is 6.04 Å². The lowest BCUT2D eigenvalue weighted by molar-refractivity contribution is -0.123. The van der Waals surface area contributed by atoms with Gasteiger partial charge in [0.25, 0.3) is 0 Å². The maximum atomic E-state index is 12.4. The summed E-state index contributed by atoms with van der Waals surface area (Å²) in [6.07, 6.45) is 4.75. The second kappa shape index (κ2) is 6.16. The summed E-state index contributed by atoms with van der Waals surface area (Å²) in [5, 5.41) is 8.41. The molecule has 0 spiro atoms. The fourth-order valence-corrected chi connectivity index (χ4v) is 3.29. The Kier molecular flexibility index (Phi) is 4.08. The van der Waals surface area contributed by atoms with E-state index in [1.165, 1.54) is 12.8 Å². The zero-order chi connectivity index (χ0) is 14.7. The molecule has 3 amide bonds. The normalized spacial score (nSPS) is 23.4. The predicted octanol–water partition coefficient (Wildman–Crippen LogP) is 1.72. The second-order valence-electron chi connectivity index (χ2n) is 5.85. The van der Waals surface area contributed by atoms with Crippen LogP contribution in [0.5, 0.6) is 0 Å². The van der Waals surface area contributed by atoms with E-state index in [2.05, 4.69) is 28.1 Å². The standard InChI is InChI=1S/C16H21N3O2/c20-15(13-10-17-16(21)18-13)19-14(12-8-4-5-9-12)11-6-2-1-3-7-11/h1-3,6-7,12-14H,4-5,8-10H2,(H,19,20)(H2,17,18,21)/t13-,14-/m1/s1. The number of urea groups is 1. The van der Waals surface area contributed by atoms with Crippen molar-refractivity contribution in [2.24, 2.45) is 5.92 Å². The van der Waals surface area contributed by atoms with Crippen molar-refractivity contribution in [1.29, 1.82) is 0 Å². The van der Waals surface area contributed by atoms with Crippen molar-refractivity contribution >= 4 is 11.9 Å². The second-order valence-corrected chi connectivity index (χ2v) is 5.85. The molecule has 5 heteroatoms. The van der Waals surface area contributed by atoms with E-state index < -0.39 is 6.04 Å². The molecule has 1 saturated heterocycles. The molecule has 2 atom stereocenters. The summed E-state index contributed by atoms with van der Waals surface area (Å²) in [6.45, 7) is 0.358. The van der Waals surface area contributed by atoms with Crippen LogP contribution in [0.1, 0.15) is 37.3 Å². The molecule has 1 aromatic carbocycles. The Labute approximate surface area is 124 Å². The van der Waals surface area contributed by atoms with Gasteiger partial charge < -0.3 is 16.0 Å². The minimum absolute atomic E-state index is 0.0405. The van der Waals surface area contributed by atoms with E-state index >= 15 is 0 Å². The molecule has 2 fully saturated rings. The van der Waals surface area contributed by atoms with Crippen LogP contribution < -0.4 is 16.0 Å². The SMILES string of the molecule is O=C1NC[C@H](C(=O)N[C@H](c2ccccc2)C2CCCC2)N1. The van der Waals surface area contributed by atoms with Crippen LogP contribution in [0.25, 0.3) is 0 Å². The molecule has 0 radical (unpaired) electrons. The number of rotatable bonds is 4. The number of nitrogens with one attached hydrogen (secondary N) is 3. The van der Waals surface area contributed by atoms with Gasteiger partial charge in [0, 0.05) is 6.54 Å². The predicted molar refractivity (Wildman–Crippen MR) is 79.6 cm³/mol. The third-order valence-electron chi connectivity index (χ3n) is 4.42. The molecule has 21 heavy (non-hydrogen) atoms. The highest BCUT2D eigenvalue weighted by Gasteiger charge is 2.32. The minimum atomic E-state index is -0.467. The van der Waals surface area contributed by atoms with Crippen LogP contribution in [0.4, 0.5) is 4.79 Å². The number of hydrogen-bond acceptors (Lipinski definition) is 2. The lowest BCUT2D eigenvalue weighted by Crippen LogP contribution is -2.45. The van der Waals surface area contributed by atoms with Crippen molar-refractivity contribution < 1.29 is 9.59 Å². The molecule has 3 rings (SSSR count). The molecular formula is C16H21N3O2. The van der Waals surface area contributed by atoms with E-state index in [-0.39, 0.29) is 18.0 Å². The quantitative estimate of drug-likeness (QED) is 0.789. The molecule has 5 nitrogen and oxygen atoms in total. The number of amides is 3. The van der Waals surface area contributed by atoms with Crippen molar-refractivity contribution in [2.45, 2.75) is 37.8 Å². The third-order valence-corrected chi connectivity index (χ3v) is 4.42. The third kappa shape index (κ3) is 3.17. The largest absolute Gasteiger partial charge is 0.347 e. The average Bonchev–Trinajstić information content (AvgIpc) is 3.17. The van der Waals surface area contributed by atoms with Crippen molar-refractivity contribution in [1.82, 2.24) is 16.0 Å². The van der Waals surface area contributed by atoms with E-state index in [4.69, 9.17) is 0 Å². The van der Waals surface area contributed by atoms with Crippen molar-refractivity contribution in [3.8, 4) is 0 Å². The van der Waals surface area contributed by atoms with Crippen molar-refractivity contribution in [3.63, 3.8) is 0 Å². The van der Waals surface area contributed by atoms with E-state index in [0.717, 1.165) is 18.4 Å². The monoisotopic (exact) mass is 287 g/mol. The fourth-order valence-electron chi connectivity index (χ4n) is 3.29. The summed E-state index contributed by atoms with van der Waals surface area (Å²) in [5.74, 6) is 0.385. The summed E-state index contributed by atoms with van der Waals surface area (Å²) < 4.78 is 0. The molecule has 0 bridgehead atoms. The van der Waals surface area contributed by atoms with Gasteiger partial charge in [-0.05, 0) is 24.3 Å². The zero-order valence-electron chi connectivity index (χ0n) is 12.0. The van der Waals surface area contributed by atoms with Crippen LogP contribution in [0, 0.1) is 5.92 Å². The Balaban J connectivity index is 1.73. The van der Waals surface area contributed by atoms with Crippen LogP contribution in [0.15, 0.2) is 30.3 Å². The van der Waals surface area contributed by atoms with E-state index in [1.54, 1.807) is 0 Å². The maximum absolute atomic E-state index is 12.4. The summed E-state index contributed by atoms with van der Waals surface area (Å²) in [4.78, 5) is 23.5. The summed E-state index contributed by atoms with van der Waals surface area (Å²) in [7, 11) is 0. The van der Waals surface area contributed by atoms with Gasteiger partial charge in [-0.25, -0.2) is 4.79 Å². The van der Waals surface area contributed by atoms with Gasteiger partial charge in [0.15, 0.2) is 0 Å². The molecule has 1 saturated carbocycles. The van der Waals surface area contributed by atoms with Gasteiger partial charge in [0.05, 0.1) is 6.04 Å². The smallest absolute Gasteiger partial charge is 0.315 e.